The lowest BCUT2D eigenvalue weighted by Gasteiger charge is -2.08. The Bertz CT molecular complexity index is 114. The summed E-state index contributed by atoms with van der Waals surface area (Å²) in [6.07, 6.45) is 2.84. The minimum Gasteiger partial charge on any atom is -0.369 e. The molecule has 0 aromatic carbocycles. The minimum atomic E-state index is 0.423. The molecule has 1 N–H and O–H groups in total. The molecule has 0 aliphatic carbocycles. The van der Waals surface area contributed by atoms with Crippen LogP contribution >= 0.6 is 34.8 Å². The van der Waals surface area contributed by atoms with Crippen LogP contribution in [0.25, 0.3) is 0 Å². The molecule has 0 aliphatic heterocycles. The third-order valence-electron chi connectivity index (χ3n) is 0.880. The van der Waals surface area contributed by atoms with Crippen LogP contribution < -0.4 is 5.32 Å². The molecular weight excluding hydrogens is 245 g/mol. The summed E-state index contributed by atoms with van der Waals surface area (Å²) in [5.74, 6) is 0. The van der Waals surface area contributed by atoms with Crippen molar-refractivity contribution in [1.29, 1.82) is 0 Å². The van der Waals surface area contributed by atoms with E-state index in [0.29, 0.717) is 6.04 Å². The summed E-state index contributed by atoms with van der Waals surface area (Å²) in [4.78, 5) is 0. The molecule has 0 aliphatic rings. The van der Waals surface area contributed by atoms with Crippen LogP contribution in [0.4, 0.5) is 0 Å². The lowest BCUT2D eigenvalue weighted by Crippen LogP contribution is -2.26. The van der Waals surface area contributed by atoms with Gasteiger partial charge in [-0.15, -0.1) is 6.58 Å². The van der Waals surface area contributed by atoms with Gasteiger partial charge in [-0.1, -0.05) is 18.3 Å². The number of hydrogen-bond acceptors (Lipinski definition) is 1. The molecule has 0 radical (unpaired) electrons. The first-order valence-electron chi connectivity index (χ1n) is 2.73. The quantitative estimate of drug-likeness (QED) is 0.273. The van der Waals surface area contributed by atoms with Crippen molar-refractivity contribution in [2.75, 3.05) is 0 Å². The second-order valence-corrected chi connectivity index (χ2v) is 4.06. The molecule has 0 fully saturated rings. The monoisotopic (exact) mass is 255 g/mol. The predicted octanol–water partition coefficient (Wildman–Crippen LogP) is 2.26. The van der Waals surface area contributed by atoms with Gasteiger partial charge in [0, 0.05) is 6.04 Å². The molecule has 0 aromatic heterocycles. The van der Waals surface area contributed by atoms with Crippen molar-refractivity contribution >= 4 is 37.8 Å². The largest absolute Gasteiger partial charge is 0.369 e. The van der Waals surface area contributed by atoms with Gasteiger partial charge in [-0.05, 0) is 35.9 Å². The van der Waals surface area contributed by atoms with Crippen LogP contribution in [-0.2, 0) is 0 Å². The Labute approximate surface area is 75.0 Å². The Morgan fingerprint density at radius 3 is 2.89 bits per heavy atom. The molecule has 0 aromatic rings. The van der Waals surface area contributed by atoms with E-state index in [2.05, 4.69) is 41.4 Å². The highest BCUT2D eigenvalue weighted by atomic mass is 127. The van der Waals surface area contributed by atoms with Gasteiger partial charge in [0.25, 0.3) is 0 Å². The summed E-state index contributed by atoms with van der Waals surface area (Å²) in [5, 5.41) is 3.09. The predicted molar refractivity (Wildman–Crippen MR) is 54.0 cm³/mol. The number of rotatable bonds is 3. The van der Waals surface area contributed by atoms with E-state index in [-0.39, 0.29) is 0 Å². The van der Waals surface area contributed by atoms with Gasteiger partial charge in [-0.25, -0.2) is 0 Å². The highest BCUT2D eigenvalue weighted by Crippen LogP contribution is 1.93. The first-order chi connectivity index (χ1) is 4.16. The molecule has 0 amide bonds. The second kappa shape index (κ2) is 5.17. The number of hydrogen-bond donors (Lipinski definition) is 1. The zero-order valence-electron chi connectivity index (χ0n) is 5.36. The molecule has 1 nitrogen and oxygen atoms in total. The van der Waals surface area contributed by atoms with Crippen molar-refractivity contribution in [1.82, 2.24) is 5.32 Å². The molecule has 0 heterocycles. The van der Waals surface area contributed by atoms with Crippen LogP contribution in [0.5, 0.6) is 0 Å². The van der Waals surface area contributed by atoms with Crippen LogP contribution in [-0.4, -0.2) is 9.04 Å². The maximum atomic E-state index is 4.83. The zero-order chi connectivity index (χ0) is 7.28. The van der Waals surface area contributed by atoms with Gasteiger partial charge in [0.05, 0.1) is 0 Å². The lowest BCUT2D eigenvalue weighted by molar-refractivity contribution is 0.686. The van der Waals surface area contributed by atoms with Gasteiger partial charge in [0.1, 0.15) is 3.00 Å². The summed E-state index contributed by atoms with van der Waals surface area (Å²) < 4.78 is 0.821. The summed E-state index contributed by atoms with van der Waals surface area (Å²) in [7, 11) is 0. The van der Waals surface area contributed by atoms with Gasteiger partial charge in [-0.3, -0.25) is 0 Å². The Morgan fingerprint density at radius 1 is 2.00 bits per heavy atom. The molecule has 3 heteroatoms. The normalized spacial score (nSPS) is 12.2. The third kappa shape index (κ3) is 6.24. The molecule has 0 rings (SSSR count). The zero-order valence-corrected chi connectivity index (χ0v) is 8.33. The topological polar surface area (TPSA) is 12.0 Å². The maximum Gasteiger partial charge on any atom is 0.138 e. The van der Waals surface area contributed by atoms with E-state index in [1.807, 2.05) is 6.08 Å². The fourth-order valence-electron chi connectivity index (χ4n) is 0.503. The highest BCUT2D eigenvalue weighted by molar-refractivity contribution is 14.1. The van der Waals surface area contributed by atoms with Crippen molar-refractivity contribution in [3.63, 3.8) is 0 Å². The fraction of sp³-hybridized carbons (Fsp3) is 0.500. The molecule has 52 valence electrons. The van der Waals surface area contributed by atoms with E-state index in [0.717, 1.165) is 9.42 Å². The van der Waals surface area contributed by atoms with Crippen molar-refractivity contribution in [3.8, 4) is 0 Å². The number of nitrogens with one attached hydrogen (secondary N) is 1. The van der Waals surface area contributed by atoms with E-state index in [1.54, 1.807) is 0 Å². The average molecular weight is 255 g/mol. The second-order valence-electron chi connectivity index (χ2n) is 1.84. The summed E-state index contributed by atoms with van der Waals surface area (Å²) >= 11 is 6.91. The molecule has 0 saturated carbocycles. The third-order valence-corrected chi connectivity index (χ3v) is 1.31. The van der Waals surface area contributed by atoms with E-state index < -0.39 is 0 Å². The number of thiocarbonyl (C=S) groups is 1. The van der Waals surface area contributed by atoms with Gasteiger partial charge < -0.3 is 5.32 Å². The average Bonchev–Trinajstić information content (AvgIpc) is 1.63. The lowest BCUT2D eigenvalue weighted by atomic mass is 10.2. The smallest absolute Gasteiger partial charge is 0.138 e. The first kappa shape index (κ1) is 9.36. The molecular formula is C6H10INS. The molecule has 1 atom stereocenters. The van der Waals surface area contributed by atoms with E-state index in [4.69, 9.17) is 12.2 Å². The first-order valence-corrected chi connectivity index (χ1v) is 4.22. The van der Waals surface area contributed by atoms with Crippen LogP contribution in [0, 0.1) is 0 Å². The minimum absolute atomic E-state index is 0.423. The Hall–Kier alpha value is 0.360. The maximum absolute atomic E-state index is 4.83. The number of halogens is 1. The fourth-order valence-corrected chi connectivity index (χ4v) is 1.24. The summed E-state index contributed by atoms with van der Waals surface area (Å²) in [6.45, 7) is 5.70. The van der Waals surface area contributed by atoms with Crippen molar-refractivity contribution in [3.05, 3.63) is 12.7 Å². The molecule has 9 heavy (non-hydrogen) atoms. The molecule has 1 unspecified atom stereocenters. The Morgan fingerprint density at radius 2 is 2.56 bits per heavy atom. The van der Waals surface area contributed by atoms with E-state index in [1.165, 1.54) is 0 Å². The van der Waals surface area contributed by atoms with E-state index in [9.17, 15) is 0 Å². The van der Waals surface area contributed by atoms with Gasteiger partial charge in [-0.2, -0.15) is 0 Å². The van der Waals surface area contributed by atoms with Gasteiger partial charge in [0.2, 0.25) is 0 Å². The Balaban J connectivity index is 3.37. The van der Waals surface area contributed by atoms with Gasteiger partial charge >= 0.3 is 0 Å². The SMILES string of the molecule is C=CCC(C)NC(=S)I. The van der Waals surface area contributed by atoms with Crippen LogP contribution in [0.3, 0.4) is 0 Å². The molecule has 0 spiro atoms. The standard InChI is InChI=1S/C6H10INS/c1-3-4-5(2)8-6(7)9/h3,5H,1,4H2,2H3,(H,8,9). The van der Waals surface area contributed by atoms with E-state index >= 15 is 0 Å². The summed E-state index contributed by atoms with van der Waals surface area (Å²) in [6, 6.07) is 0.423. The van der Waals surface area contributed by atoms with Crippen molar-refractivity contribution in [2.24, 2.45) is 0 Å². The van der Waals surface area contributed by atoms with Crippen LogP contribution in [0.2, 0.25) is 0 Å². The van der Waals surface area contributed by atoms with Gasteiger partial charge in [0.15, 0.2) is 0 Å². The Kier molecular flexibility index (Phi) is 5.38. The summed E-state index contributed by atoms with van der Waals surface area (Å²) in [5.41, 5.74) is 0. The molecule has 0 saturated heterocycles. The van der Waals surface area contributed by atoms with Crippen LogP contribution in [0.15, 0.2) is 12.7 Å². The highest BCUT2D eigenvalue weighted by Gasteiger charge is 1.96. The van der Waals surface area contributed by atoms with Crippen LogP contribution in [0.1, 0.15) is 13.3 Å². The van der Waals surface area contributed by atoms with Crippen molar-refractivity contribution in [2.45, 2.75) is 19.4 Å². The molecule has 0 bridgehead atoms. The van der Waals surface area contributed by atoms with Crippen molar-refractivity contribution < 1.29 is 0 Å².